The molecule has 4 heterocycles. The zero-order valence-electron chi connectivity index (χ0n) is 15.1. The lowest BCUT2D eigenvalue weighted by atomic mass is 9.99. The van der Waals surface area contributed by atoms with Gasteiger partial charge in [0.2, 0.25) is 0 Å². The molecule has 0 amide bonds. The van der Waals surface area contributed by atoms with Crippen molar-refractivity contribution in [1.82, 2.24) is 20.0 Å². The molecule has 0 spiro atoms. The topological polar surface area (TPSA) is 45.6 Å². The lowest BCUT2D eigenvalue weighted by molar-refractivity contribution is 0.122. The summed E-state index contributed by atoms with van der Waals surface area (Å²) in [6.45, 7) is 9.20. The first kappa shape index (κ1) is 16.4. The van der Waals surface area contributed by atoms with Crippen LogP contribution in [0.4, 0.5) is 5.82 Å². The Labute approximate surface area is 145 Å². The smallest absolute Gasteiger partial charge is 0.131 e. The maximum atomic E-state index is 5.52. The van der Waals surface area contributed by atoms with Crippen molar-refractivity contribution >= 4 is 5.82 Å². The Bertz CT molecular complexity index is 566. The lowest BCUT2D eigenvalue weighted by Gasteiger charge is -2.33. The quantitative estimate of drug-likeness (QED) is 0.899. The van der Waals surface area contributed by atoms with Gasteiger partial charge in [0.05, 0.1) is 18.9 Å². The Morgan fingerprint density at radius 3 is 2.79 bits per heavy atom. The van der Waals surface area contributed by atoms with Gasteiger partial charge in [-0.1, -0.05) is 6.42 Å². The second-order valence-electron chi connectivity index (χ2n) is 7.49. The van der Waals surface area contributed by atoms with Crippen molar-refractivity contribution < 1.29 is 4.74 Å². The summed E-state index contributed by atoms with van der Waals surface area (Å²) in [4.78, 5) is 5.13. The summed E-state index contributed by atoms with van der Waals surface area (Å²) in [7, 11) is 2.07. The van der Waals surface area contributed by atoms with Crippen molar-refractivity contribution in [2.45, 2.75) is 51.2 Å². The molecule has 2 atom stereocenters. The highest BCUT2D eigenvalue weighted by atomic mass is 16.5. The van der Waals surface area contributed by atoms with Crippen LogP contribution in [0.1, 0.15) is 36.9 Å². The van der Waals surface area contributed by atoms with E-state index in [0.29, 0.717) is 6.04 Å². The maximum absolute atomic E-state index is 5.52. The highest BCUT2D eigenvalue weighted by molar-refractivity contribution is 5.50. The van der Waals surface area contributed by atoms with Crippen LogP contribution in [0.2, 0.25) is 0 Å². The Kier molecular flexibility index (Phi) is 4.79. The zero-order chi connectivity index (χ0) is 16.5. The number of aryl methyl sites for hydroxylation is 2. The largest absolute Gasteiger partial charge is 0.378 e. The van der Waals surface area contributed by atoms with Crippen LogP contribution in [-0.4, -0.2) is 66.2 Å². The average Bonchev–Trinajstić information content (AvgIpc) is 3.14. The summed E-state index contributed by atoms with van der Waals surface area (Å²) >= 11 is 0. The molecule has 6 nitrogen and oxygen atoms in total. The SMILES string of the molecule is Cc1nn(C)c(N2CCOCC2)c1CN[C@H]1CCN2CCCC[C@@H]12. The minimum Gasteiger partial charge on any atom is -0.378 e. The fourth-order valence-electron chi connectivity index (χ4n) is 4.79. The Morgan fingerprint density at radius 1 is 1.12 bits per heavy atom. The average molecular weight is 333 g/mol. The number of fused-ring (bicyclic) bond motifs is 1. The number of anilines is 1. The maximum Gasteiger partial charge on any atom is 0.131 e. The number of morpholine rings is 1. The highest BCUT2D eigenvalue weighted by Gasteiger charge is 2.35. The molecular weight excluding hydrogens is 302 g/mol. The van der Waals surface area contributed by atoms with E-state index in [9.17, 15) is 0 Å². The van der Waals surface area contributed by atoms with Crippen LogP contribution < -0.4 is 10.2 Å². The van der Waals surface area contributed by atoms with Crippen LogP contribution in [0, 0.1) is 6.92 Å². The second-order valence-corrected chi connectivity index (χ2v) is 7.49. The third-order valence-electron chi connectivity index (χ3n) is 6.02. The predicted octanol–water partition coefficient (Wildman–Crippen LogP) is 1.28. The van der Waals surface area contributed by atoms with Crippen molar-refractivity contribution in [2.75, 3.05) is 44.3 Å². The van der Waals surface area contributed by atoms with E-state index in [4.69, 9.17) is 9.84 Å². The van der Waals surface area contributed by atoms with E-state index >= 15 is 0 Å². The van der Waals surface area contributed by atoms with Gasteiger partial charge >= 0.3 is 0 Å². The summed E-state index contributed by atoms with van der Waals surface area (Å²) in [5.41, 5.74) is 2.53. The van der Waals surface area contributed by atoms with Crippen LogP contribution in [-0.2, 0) is 18.3 Å². The molecule has 0 unspecified atom stereocenters. The van der Waals surface area contributed by atoms with E-state index in [-0.39, 0.29) is 0 Å². The van der Waals surface area contributed by atoms with E-state index in [0.717, 1.165) is 44.6 Å². The molecule has 1 aromatic heterocycles. The number of nitrogens with zero attached hydrogens (tertiary/aromatic N) is 4. The van der Waals surface area contributed by atoms with Crippen LogP contribution in [0.25, 0.3) is 0 Å². The van der Waals surface area contributed by atoms with Gasteiger partial charge in [-0.25, -0.2) is 0 Å². The molecule has 3 aliphatic heterocycles. The monoisotopic (exact) mass is 333 g/mol. The van der Waals surface area contributed by atoms with Gasteiger partial charge in [0.25, 0.3) is 0 Å². The van der Waals surface area contributed by atoms with Crippen molar-refractivity contribution in [2.24, 2.45) is 7.05 Å². The number of piperidine rings is 1. The number of rotatable bonds is 4. The Hall–Kier alpha value is -1.11. The number of hydrogen-bond acceptors (Lipinski definition) is 5. The number of nitrogens with one attached hydrogen (secondary N) is 1. The Balaban J connectivity index is 1.46. The summed E-state index contributed by atoms with van der Waals surface area (Å²) in [6, 6.07) is 1.39. The summed E-state index contributed by atoms with van der Waals surface area (Å²) < 4.78 is 7.57. The number of hydrogen-bond donors (Lipinski definition) is 1. The van der Waals surface area contributed by atoms with Crippen molar-refractivity contribution in [3.8, 4) is 0 Å². The standard InChI is InChI=1S/C18H31N5O/c1-14-15(18(21(2)20-14)23-9-11-24-12-10-23)13-19-16-6-8-22-7-4-3-5-17(16)22/h16-17,19H,3-13H2,1-2H3/t16-,17-/m0/s1. The van der Waals surface area contributed by atoms with Crippen molar-refractivity contribution in [1.29, 1.82) is 0 Å². The molecule has 0 radical (unpaired) electrons. The minimum absolute atomic E-state index is 0.641. The molecule has 1 N–H and O–H groups in total. The van der Waals surface area contributed by atoms with Crippen LogP contribution in [0.5, 0.6) is 0 Å². The van der Waals surface area contributed by atoms with Crippen LogP contribution in [0.15, 0.2) is 0 Å². The van der Waals surface area contributed by atoms with Gasteiger partial charge in [0, 0.05) is 50.9 Å². The first-order valence-electron chi connectivity index (χ1n) is 9.56. The zero-order valence-corrected chi connectivity index (χ0v) is 15.1. The van der Waals surface area contributed by atoms with E-state index in [1.807, 2.05) is 0 Å². The molecule has 0 bridgehead atoms. The van der Waals surface area contributed by atoms with Crippen LogP contribution in [0.3, 0.4) is 0 Å². The number of ether oxygens (including phenoxy) is 1. The Morgan fingerprint density at radius 2 is 1.96 bits per heavy atom. The molecule has 0 aromatic carbocycles. The lowest BCUT2D eigenvalue weighted by Crippen LogP contribution is -2.45. The molecule has 24 heavy (non-hydrogen) atoms. The first-order chi connectivity index (χ1) is 11.7. The van der Waals surface area contributed by atoms with Gasteiger partial charge in [0.15, 0.2) is 0 Å². The summed E-state index contributed by atoms with van der Waals surface area (Å²) in [5.74, 6) is 1.28. The molecular formula is C18H31N5O. The van der Waals surface area contributed by atoms with Gasteiger partial charge in [-0.05, 0) is 32.7 Å². The van der Waals surface area contributed by atoms with Gasteiger partial charge in [-0.3, -0.25) is 9.58 Å². The molecule has 6 heteroatoms. The second kappa shape index (κ2) is 7.02. The molecule has 3 saturated heterocycles. The molecule has 1 aromatic rings. The first-order valence-corrected chi connectivity index (χ1v) is 9.56. The summed E-state index contributed by atoms with van der Waals surface area (Å²) in [5, 5.41) is 8.57. The van der Waals surface area contributed by atoms with E-state index in [1.54, 1.807) is 0 Å². The molecule has 3 fully saturated rings. The van der Waals surface area contributed by atoms with Gasteiger partial charge < -0.3 is 15.0 Å². The van der Waals surface area contributed by atoms with Crippen LogP contribution >= 0.6 is 0 Å². The van der Waals surface area contributed by atoms with Crippen molar-refractivity contribution in [3.63, 3.8) is 0 Å². The normalized spacial score (nSPS) is 28.3. The predicted molar refractivity (Wildman–Crippen MR) is 95.4 cm³/mol. The fourth-order valence-corrected chi connectivity index (χ4v) is 4.79. The molecule has 4 rings (SSSR count). The van der Waals surface area contributed by atoms with Gasteiger partial charge in [-0.2, -0.15) is 5.10 Å². The highest BCUT2D eigenvalue weighted by Crippen LogP contribution is 2.29. The summed E-state index contributed by atoms with van der Waals surface area (Å²) in [6.07, 6.45) is 5.42. The third kappa shape index (κ3) is 3.07. The van der Waals surface area contributed by atoms with Gasteiger partial charge in [-0.15, -0.1) is 0 Å². The minimum atomic E-state index is 0.641. The third-order valence-corrected chi connectivity index (χ3v) is 6.02. The van der Waals surface area contributed by atoms with E-state index in [2.05, 4.69) is 33.8 Å². The molecule has 0 saturated carbocycles. The van der Waals surface area contributed by atoms with E-state index in [1.165, 1.54) is 50.2 Å². The molecule has 0 aliphatic carbocycles. The van der Waals surface area contributed by atoms with E-state index < -0.39 is 0 Å². The number of aromatic nitrogens is 2. The van der Waals surface area contributed by atoms with Crippen molar-refractivity contribution in [3.05, 3.63) is 11.3 Å². The fraction of sp³-hybridized carbons (Fsp3) is 0.833. The van der Waals surface area contributed by atoms with Gasteiger partial charge in [0.1, 0.15) is 5.82 Å². The molecule has 134 valence electrons. The molecule has 3 aliphatic rings.